The van der Waals surface area contributed by atoms with Gasteiger partial charge in [0, 0.05) is 8.95 Å². The fourth-order valence-corrected chi connectivity index (χ4v) is 3.13. The normalized spacial score (nSPS) is 12.5. The quantitative estimate of drug-likeness (QED) is 0.544. The van der Waals surface area contributed by atoms with E-state index in [4.69, 9.17) is 11.6 Å². The van der Waals surface area contributed by atoms with Gasteiger partial charge in [0.05, 0.1) is 5.38 Å². The van der Waals surface area contributed by atoms with Gasteiger partial charge in [-0.3, -0.25) is 0 Å². The molecule has 0 N–H and O–H groups in total. The molecule has 19 heavy (non-hydrogen) atoms. The van der Waals surface area contributed by atoms with Crippen LogP contribution in [0.4, 0.5) is 8.78 Å². The first-order valence-electron chi connectivity index (χ1n) is 5.50. The maximum Gasteiger partial charge on any atom is 0.159 e. The summed E-state index contributed by atoms with van der Waals surface area (Å²) in [6, 6.07) is 9.52. The van der Waals surface area contributed by atoms with E-state index in [-0.39, 0.29) is 5.38 Å². The van der Waals surface area contributed by atoms with Crippen LogP contribution in [0.15, 0.2) is 45.3 Å². The molecule has 0 amide bonds. The highest BCUT2D eigenvalue weighted by Gasteiger charge is 2.14. The Morgan fingerprint density at radius 1 is 1.00 bits per heavy atom. The van der Waals surface area contributed by atoms with Crippen molar-refractivity contribution >= 4 is 43.5 Å². The number of hydrogen-bond donors (Lipinski definition) is 0. The third-order valence-corrected chi connectivity index (χ3v) is 4.30. The molecule has 0 aliphatic carbocycles. The van der Waals surface area contributed by atoms with Crippen LogP contribution < -0.4 is 0 Å². The maximum atomic E-state index is 13.1. The van der Waals surface area contributed by atoms with Gasteiger partial charge in [0.1, 0.15) is 0 Å². The van der Waals surface area contributed by atoms with E-state index in [2.05, 4.69) is 31.9 Å². The number of halogens is 5. The molecule has 0 nitrogen and oxygen atoms in total. The fraction of sp³-hybridized carbons (Fsp3) is 0.143. The van der Waals surface area contributed by atoms with Gasteiger partial charge in [0.15, 0.2) is 11.6 Å². The van der Waals surface area contributed by atoms with Crippen molar-refractivity contribution in [3.05, 3.63) is 68.1 Å². The minimum Gasteiger partial charge on any atom is -0.204 e. The molecule has 0 spiro atoms. The summed E-state index contributed by atoms with van der Waals surface area (Å²) in [6.45, 7) is 0. The predicted octanol–water partition coefficient (Wildman–Crippen LogP) is 6.01. The Balaban J connectivity index is 2.22. The second kappa shape index (κ2) is 6.33. The molecule has 5 heteroatoms. The SMILES string of the molecule is Fc1ccc(CC(Cl)c2cc(Br)ccc2Br)cc1F. The van der Waals surface area contributed by atoms with E-state index in [0.29, 0.717) is 12.0 Å². The summed E-state index contributed by atoms with van der Waals surface area (Å²) in [5, 5.41) is -0.322. The number of hydrogen-bond acceptors (Lipinski definition) is 0. The standard InChI is InChI=1S/C14H9Br2ClF2/c15-9-2-3-11(16)10(7-9)12(17)5-8-1-4-13(18)14(19)6-8/h1-4,6-7,12H,5H2. The number of alkyl halides is 1. The molecule has 0 bridgehead atoms. The van der Waals surface area contributed by atoms with Crippen molar-refractivity contribution in [2.24, 2.45) is 0 Å². The maximum absolute atomic E-state index is 13.1. The Kier molecular flexibility index (Phi) is 4.98. The first kappa shape index (κ1) is 14.9. The van der Waals surface area contributed by atoms with Crippen LogP contribution in [0.5, 0.6) is 0 Å². The van der Waals surface area contributed by atoms with Crippen molar-refractivity contribution in [1.82, 2.24) is 0 Å². The van der Waals surface area contributed by atoms with Crippen LogP contribution >= 0.6 is 43.5 Å². The predicted molar refractivity (Wildman–Crippen MR) is 80.5 cm³/mol. The highest BCUT2D eigenvalue weighted by Crippen LogP contribution is 2.33. The van der Waals surface area contributed by atoms with Crippen LogP contribution in [0.25, 0.3) is 0 Å². The van der Waals surface area contributed by atoms with Crippen LogP contribution in [-0.4, -0.2) is 0 Å². The van der Waals surface area contributed by atoms with Gasteiger partial charge in [-0.25, -0.2) is 8.78 Å². The molecule has 2 aromatic rings. The Morgan fingerprint density at radius 3 is 2.42 bits per heavy atom. The highest BCUT2D eigenvalue weighted by atomic mass is 79.9. The highest BCUT2D eigenvalue weighted by molar-refractivity contribution is 9.11. The summed E-state index contributed by atoms with van der Waals surface area (Å²) in [4.78, 5) is 0. The van der Waals surface area contributed by atoms with E-state index < -0.39 is 11.6 Å². The second-order valence-electron chi connectivity index (χ2n) is 4.09. The van der Waals surface area contributed by atoms with E-state index in [9.17, 15) is 8.78 Å². The van der Waals surface area contributed by atoms with Crippen LogP contribution in [0, 0.1) is 11.6 Å². The number of rotatable bonds is 3. The zero-order chi connectivity index (χ0) is 14.0. The molecule has 0 aliphatic heterocycles. The molecular weight excluding hydrogens is 401 g/mol. The van der Waals surface area contributed by atoms with Crippen LogP contribution in [0.3, 0.4) is 0 Å². The van der Waals surface area contributed by atoms with Crippen molar-refractivity contribution < 1.29 is 8.78 Å². The van der Waals surface area contributed by atoms with Crippen molar-refractivity contribution in [3.63, 3.8) is 0 Å². The van der Waals surface area contributed by atoms with E-state index in [0.717, 1.165) is 20.6 Å². The molecule has 0 aromatic heterocycles. The third kappa shape index (κ3) is 3.77. The molecular formula is C14H9Br2ClF2. The summed E-state index contributed by atoms with van der Waals surface area (Å²) in [5.74, 6) is -1.70. The lowest BCUT2D eigenvalue weighted by atomic mass is 10.0. The van der Waals surface area contributed by atoms with E-state index in [1.165, 1.54) is 6.07 Å². The van der Waals surface area contributed by atoms with Crippen LogP contribution in [-0.2, 0) is 6.42 Å². The number of benzene rings is 2. The second-order valence-corrected chi connectivity index (χ2v) is 6.38. The van der Waals surface area contributed by atoms with Crippen molar-refractivity contribution in [3.8, 4) is 0 Å². The van der Waals surface area contributed by atoms with Gasteiger partial charge in [-0.15, -0.1) is 11.6 Å². The zero-order valence-electron chi connectivity index (χ0n) is 9.64. The average Bonchev–Trinajstić information content (AvgIpc) is 2.36. The molecule has 1 atom stereocenters. The molecule has 1 unspecified atom stereocenters. The summed E-state index contributed by atoms with van der Waals surface area (Å²) < 4.78 is 27.8. The molecule has 0 radical (unpaired) electrons. The lowest BCUT2D eigenvalue weighted by Gasteiger charge is -2.12. The first-order chi connectivity index (χ1) is 8.97. The average molecular weight is 410 g/mol. The Hall–Kier alpha value is -0.450. The summed E-state index contributed by atoms with van der Waals surface area (Å²) in [5.41, 5.74) is 1.56. The van der Waals surface area contributed by atoms with Gasteiger partial charge in [0.25, 0.3) is 0 Å². The molecule has 0 saturated carbocycles. The van der Waals surface area contributed by atoms with Crippen molar-refractivity contribution in [2.45, 2.75) is 11.8 Å². The molecule has 0 saturated heterocycles. The summed E-state index contributed by atoms with van der Waals surface area (Å²) in [7, 11) is 0. The van der Waals surface area contributed by atoms with Gasteiger partial charge < -0.3 is 0 Å². The van der Waals surface area contributed by atoms with E-state index >= 15 is 0 Å². The monoisotopic (exact) mass is 408 g/mol. The molecule has 100 valence electrons. The van der Waals surface area contributed by atoms with Crippen molar-refractivity contribution in [2.75, 3.05) is 0 Å². The third-order valence-electron chi connectivity index (χ3n) is 2.69. The van der Waals surface area contributed by atoms with E-state index in [1.54, 1.807) is 6.07 Å². The summed E-state index contributed by atoms with van der Waals surface area (Å²) in [6.07, 6.45) is 0.424. The largest absolute Gasteiger partial charge is 0.204 e. The topological polar surface area (TPSA) is 0 Å². The van der Waals surface area contributed by atoms with Gasteiger partial charge in [0.2, 0.25) is 0 Å². The Morgan fingerprint density at radius 2 is 1.74 bits per heavy atom. The summed E-state index contributed by atoms with van der Waals surface area (Å²) >= 11 is 13.2. The zero-order valence-corrected chi connectivity index (χ0v) is 13.6. The molecule has 2 aromatic carbocycles. The molecule has 2 rings (SSSR count). The minimum atomic E-state index is -0.852. The Bertz CT molecular complexity index is 602. The molecule has 0 aliphatic rings. The van der Waals surface area contributed by atoms with Gasteiger partial charge in [-0.1, -0.05) is 37.9 Å². The lowest BCUT2D eigenvalue weighted by Crippen LogP contribution is -1.98. The van der Waals surface area contributed by atoms with E-state index in [1.807, 2.05) is 18.2 Å². The minimum absolute atomic E-state index is 0.322. The molecule has 0 fully saturated rings. The Labute approximate surface area is 132 Å². The van der Waals surface area contributed by atoms with Crippen LogP contribution in [0.2, 0.25) is 0 Å². The van der Waals surface area contributed by atoms with Gasteiger partial charge in [-0.2, -0.15) is 0 Å². The smallest absolute Gasteiger partial charge is 0.159 e. The van der Waals surface area contributed by atoms with Crippen LogP contribution in [0.1, 0.15) is 16.5 Å². The van der Waals surface area contributed by atoms with Gasteiger partial charge >= 0.3 is 0 Å². The lowest BCUT2D eigenvalue weighted by molar-refractivity contribution is 0.507. The van der Waals surface area contributed by atoms with Gasteiger partial charge in [-0.05, 0) is 47.9 Å². The molecule has 0 heterocycles. The van der Waals surface area contributed by atoms with Crippen molar-refractivity contribution in [1.29, 1.82) is 0 Å². The first-order valence-corrected chi connectivity index (χ1v) is 7.52. The fourth-order valence-electron chi connectivity index (χ4n) is 1.74.